The summed E-state index contributed by atoms with van der Waals surface area (Å²) in [6.45, 7) is 0. The lowest BCUT2D eigenvalue weighted by atomic mass is 10.1. The highest BCUT2D eigenvalue weighted by Crippen LogP contribution is 2.23. The van der Waals surface area contributed by atoms with Crippen LogP contribution in [0.4, 0.5) is 0 Å². The smallest absolute Gasteiger partial charge is 0.257 e. The summed E-state index contributed by atoms with van der Waals surface area (Å²) < 4.78 is 5.27. The van der Waals surface area contributed by atoms with Crippen molar-refractivity contribution in [2.45, 2.75) is 12.8 Å². The first-order valence-electron chi connectivity index (χ1n) is 6.64. The minimum absolute atomic E-state index is 0.480. The Labute approximate surface area is 142 Å². The third-order valence-electron chi connectivity index (χ3n) is 3.19. The van der Waals surface area contributed by atoms with Gasteiger partial charge in [-0.05, 0) is 48.4 Å². The Morgan fingerprint density at radius 2 is 1.59 bits per heavy atom. The molecule has 3 nitrogen and oxygen atoms in total. The van der Waals surface area contributed by atoms with Crippen molar-refractivity contribution in [2.24, 2.45) is 0 Å². The lowest BCUT2D eigenvalue weighted by molar-refractivity contribution is 0.422. The van der Waals surface area contributed by atoms with Crippen molar-refractivity contribution >= 4 is 34.8 Å². The van der Waals surface area contributed by atoms with Crippen molar-refractivity contribution < 1.29 is 4.52 Å². The maximum atomic E-state index is 6.15. The van der Waals surface area contributed by atoms with Gasteiger partial charge in [-0.3, -0.25) is 0 Å². The highest BCUT2D eigenvalue weighted by molar-refractivity contribution is 6.35. The zero-order valence-corrected chi connectivity index (χ0v) is 13.7. The van der Waals surface area contributed by atoms with Gasteiger partial charge in [-0.15, -0.1) is 0 Å². The van der Waals surface area contributed by atoms with Gasteiger partial charge in [0.25, 0.3) is 5.89 Å². The lowest BCUT2D eigenvalue weighted by Gasteiger charge is -2.02. The molecule has 0 spiro atoms. The van der Waals surface area contributed by atoms with Crippen LogP contribution in [0, 0.1) is 0 Å². The van der Waals surface area contributed by atoms with Crippen LogP contribution in [0.5, 0.6) is 0 Å². The van der Waals surface area contributed by atoms with E-state index in [4.69, 9.17) is 39.3 Å². The van der Waals surface area contributed by atoms with Crippen LogP contribution >= 0.6 is 34.8 Å². The quantitative estimate of drug-likeness (QED) is 0.623. The lowest BCUT2D eigenvalue weighted by Crippen LogP contribution is -1.94. The summed E-state index contributed by atoms with van der Waals surface area (Å²) in [5.74, 6) is 1.12. The summed E-state index contributed by atoms with van der Waals surface area (Å²) in [5, 5.41) is 5.93. The number of halogens is 3. The molecule has 0 aliphatic carbocycles. The molecule has 0 fully saturated rings. The summed E-state index contributed by atoms with van der Waals surface area (Å²) in [5.41, 5.74) is 1.84. The molecule has 0 unspecified atom stereocenters. The molecule has 1 heterocycles. The molecule has 2 aromatic carbocycles. The van der Waals surface area contributed by atoms with Gasteiger partial charge in [0.2, 0.25) is 0 Å². The SMILES string of the molecule is Clc1ccc(-c2nc(CCc3ccc(Cl)cc3Cl)no2)cc1. The number of aromatic nitrogens is 2. The molecule has 1 aromatic heterocycles. The van der Waals surface area contributed by atoms with Crippen molar-refractivity contribution in [3.63, 3.8) is 0 Å². The largest absolute Gasteiger partial charge is 0.334 e. The van der Waals surface area contributed by atoms with Gasteiger partial charge in [0.15, 0.2) is 5.82 Å². The van der Waals surface area contributed by atoms with E-state index in [-0.39, 0.29) is 0 Å². The highest BCUT2D eigenvalue weighted by atomic mass is 35.5. The summed E-state index contributed by atoms with van der Waals surface area (Å²) in [4.78, 5) is 4.38. The van der Waals surface area contributed by atoms with Gasteiger partial charge in [0.1, 0.15) is 0 Å². The highest BCUT2D eigenvalue weighted by Gasteiger charge is 2.10. The summed E-state index contributed by atoms with van der Waals surface area (Å²) in [7, 11) is 0. The van der Waals surface area contributed by atoms with Crippen LogP contribution in [0.2, 0.25) is 15.1 Å². The Bertz CT molecular complexity index is 784. The summed E-state index contributed by atoms with van der Waals surface area (Å²) in [6.07, 6.45) is 1.36. The van der Waals surface area contributed by atoms with E-state index in [0.717, 1.165) is 17.5 Å². The normalized spacial score (nSPS) is 10.9. The number of nitrogens with zero attached hydrogens (tertiary/aromatic N) is 2. The average molecular weight is 354 g/mol. The number of aryl methyl sites for hydroxylation is 2. The zero-order chi connectivity index (χ0) is 15.5. The van der Waals surface area contributed by atoms with Crippen LogP contribution in [0.15, 0.2) is 47.0 Å². The zero-order valence-electron chi connectivity index (χ0n) is 11.4. The molecule has 0 aliphatic rings. The molecular formula is C16H11Cl3N2O. The predicted octanol–water partition coefficient (Wildman–Crippen LogP) is 5.48. The van der Waals surface area contributed by atoms with Crippen LogP contribution in [0.3, 0.4) is 0 Å². The van der Waals surface area contributed by atoms with E-state index in [2.05, 4.69) is 10.1 Å². The second kappa shape index (κ2) is 6.69. The topological polar surface area (TPSA) is 38.9 Å². The van der Waals surface area contributed by atoms with Gasteiger partial charge < -0.3 is 4.52 Å². The summed E-state index contributed by atoms with van der Waals surface area (Å²) in [6, 6.07) is 12.7. The molecule has 0 atom stereocenters. The monoisotopic (exact) mass is 352 g/mol. The molecule has 22 heavy (non-hydrogen) atoms. The van der Waals surface area contributed by atoms with Crippen LogP contribution in [-0.4, -0.2) is 10.1 Å². The van der Waals surface area contributed by atoms with E-state index >= 15 is 0 Å². The first-order chi connectivity index (χ1) is 10.6. The van der Waals surface area contributed by atoms with E-state index in [1.54, 1.807) is 18.2 Å². The van der Waals surface area contributed by atoms with Crippen molar-refractivity contribution in [1.82, 2.24) is 10.1 Å². The van der Waals surface area contributed by atoms with Gasteiger partial charge in [-0.25, -0.2) is 0 Å². The van der Waals surface area contributed by atoms with Crippen molar-refractivity contribution in [2.75, 3.05) is 0 Å². The van der Waals surface area contributed by atoms with Gasteiger partial charge in [-0.2, -0.15) is 4.98 Å². The number of hydrogen-bond acceptors (Lipinski definition) is 3. The van der Waals surface area contributed by atoms with E-state index in [1.807, 2.05) is 24.3 Å². The van der Waals surface area contributed by atoms with Crippen LogP contribution in [0.25, 0.3) is 11.5 Å². The van der Waals surface area contributed by atoms with Gasteiger partial charge in [-0.1, -0.05) is 46.0 Å². The fourth-order valence-electron chi connectivity index (χ4n) is 2.04. The standard InChI is InChI=1S/C16H11Cl3N2O/c17-12-5-2-11(3-6-12)16-20-15(21-22-16)8-4-10-1-7-13(18)9-14(10)19/h1-3,5-7,9H,4,8H2. The van der Waals surface area contributed by atoms with E-state index in [9.17, 15) is 0 Å². The number of rotatable bonds is 4. The summed E-state index contributed by atoms with van der Waals surface area (Å²) >= 11 is 17.9. The predicted molar refractivity (Wildman–Crippen MR) is 88.6 cm³/mol. The molecule has 3 aromatic rings. The van der Waals surface area contributed by atoms with Gasteiger partial charge in [0, 0.05) is 27.1 Å². The molecule has 0 amide bonds. The van der Waals surface area contributed by atoms with Crippen molar-refractivity contribution in [3.05, 3.63) is 68.9 Å². The van der Waals surface area contributed by atoms with E-state index < -0.39 is 0 Å². The van der Waals surface area contributed by atoms with Crippen LogP contribution in [0.1, 0.15) is 11.4 Å². The fraction of sp³-hybridized carbons (Fsp3) is 0.125. The van der Waals surface area contributed by atoms with E-state index in [1.165, 1.54) is 0 Å². The molecule has 0 bridgehead atoms. The Hall–Kier alpha value is -1.55. The fourth-order valence-corrected chi connectivity index (χ4v) is 2.67. The molecule has 6 heteroatoms. The molecule has 0 aliphatic heterocycles. The first kappa shape index (κ1) is 15.3. The first-order valence-corrected chi connectivity index (χ1v) is 7.77. The Balaban J connectivity index is 1.70. The third kappa shape index (κ3) is 3.61. The third-order valence-corrected chi connectivity index (χ3v) is 4.03. The van der Waals surface area contributed by atoms with Crippen molar-refractivity contribution in [1.29, 1.82) is 0 Å². The maximum absolute atomic E-state index is 6.15. The molecular weight excluding hydrogens is 343 g/mol. The van der Waals surface area contributed by atoms with Crippen LogP contribution < -0.4 is 0 Å². The Kier molecular flexibility index (Phi) is 4.67. The maximum Gasteiger partial charge on any atom is 0.257 e. The Morgan fingerprint density at radius 3 is 2.32 bits per heavy atom. The minimum Gasteiger partial charge on any atom is -0.334 e. The second-order valence-electron chi connectivity index (χ2n) is 4.76. The van der Waals surface area contributed by atoms with Crippen molar-refractivity contribution in [3.8, 4) is 11.5 Å². The Morgan fingerprint density at radius 1 is 0.864 bits per heavy atom. The van der Waals surface area contributed by atoms with E-state index in [0.29, 0.717) is 33.2 Å². The average Bonchev–Trinajstić information content (AvgIpc) is 2.96. The second-order valence-corrected chi connectivity index (χ2v) is 6.04. The molecule has 112 valence electrons. The number of benzene rings is 2. The van der Waals surface area contributed by atoms with Gasteiger partial charge in [0.05, 0.1) is 0 Å². The number of hydrogen-bond donors (Lipinski definition) is 0. The molecule has 0 saturated heterocycles. The minimum atomic E-state index is 0.480. The van der Waals surface area contributed by atoms with Crippen LogP contribution in [-0.2, 0) is 12.8 Å². The molecule has 0 N–H and O–H groups in total. The van der Waals surface area contributed by atoms with Gasteiger partial charge >= 0.3 is 0 Å². The molecule has 0 saturated carbocycles. The molecule has 3 rings (SSSR count). The molecule has 0 radical (unpaired) electrons.